The van der Waals surface area contributed by atoms with Crippen LogP contribution in [-0.2, 0) is 0 Å². The van der Waals surface area contributed by atoms with Gasteiger partial charge in [-0.05, 0) is 45.6 Å². The van der Waals surface area contributed by atoms with Gasteiger partial charge < -0.3 is 8.83 Å². The fourth-order valence-corrected chi connectivity index (χ4v) is 11.6. The van der Waals surface area contributed by atoms with Crippen LogP contribution in [0.1, 0.15) is 48.5 Å². The molecule has 1 aliphatic carbocycles. The smallest absolute Gasteiger partial charge is 0.137 e. The molecule has 0 spiro atoms. The summed E-state index contributed by atoms with van der Waals surface area (Å²) in [5.41, 5.74) is 2.49. The van der Waals surface area contributed by atoms with E-state index in [0.717, 1.165) is 11.0 Å². The quantitative estimate of drug-likeness (QED) is 0.515. The highest BCUT2D eigenvalue weighted by atomic mass is 31.1. The summed E-state index contributed by atoms with van der Waals surface area (Å²) in [6.07, 6.45) is 10.3. The molecule has 2 heterocycles. The number of hydrogen-bond donors (Lipinski definition) is 0. The lowest BCUT2D eigenvalue weighted by atomic mass is 10.1. The van der Waals surface area contributed by atoms with Crippen molar-refractivity contribution in [3.05, 3.63) is 66.3 Å². The molecule has 2 aromatic rings. The summed E-state index contributed by atoms with van der Waals surface area (Å²) in [6.45, 7) is 16.8. The van der Waals surface area contributed by atoms with Crippen molar-refractivity contribution in [2.75, 3.05) is 0 Å². The van der Waals surface area contributed by atoms with Gasteiger partial charge >= 0.3 is 0 Å². The van der Waals surface area contributed by atoms with Crippen LogP contribution in [0.4, 0.5) is 0 Å². The first kappa shape index (κ1) is 20.6. The molecule has 4 heteroatoms. The van der Waals surface area contributed by atoms with Gasteiger partial charge in [0.1, 0.15) is 11.0 Å². The Bertz CT molecular complexity index is 738. The summed E-state index contributed by atoms with van der Waals surface area (Å²) in [5, 5.41) is 1.92. The van der Waals surface area contributed by atoms with Crippen molar-refractivity contribution in [2.45, 2.75) is 64.4 Å². The zero-order chi connectivity index (χ0) is 19.8. The summed E-state index contributed by atoms with van der Waals surface area (Å²) in [5.74, 6) is 1.45. The lowest BCUT2D eigenvalue weighted by Crippen LogP contribution is -2.33. The zero-order valence-corrected chi connectivity index (χ0v) is 19.3. The summed E-state index contributed by atoms with van der Waals surface area (Å²) in [4.78, 5) is 0. The summed E-state index contributed by atoms with van der Waals surface area (Å²) >= 11 is 0. The topological polar surface area (TPSA) is 26.3 Å². The molecule has 0 fully saturated rings. The van der Waals surface area contributed by atoms with E-state index in [-0.39, 0.29) is 18.2 Å². The fraction of sp³-hybridized carbons (Fsp3) is 0.435. The lowest BCUT2D eigenvalue weighted by Gasteiger charge is -2.47. The Morgan fingerprint density at radius 2 is 1.37 bits per heavy atom. The third-order valence-electron chi connectivity index (χ3n) is 4.80. The monoisotopic (exact) mass is 401 g/mol. The average molecular weight is 401 g/mol. The molecule has 2 aromatic heterocycles. The molecule has 0 saturated carbocycles. The van der Waals surface area contributed by atoms with Gasteiger partial charge in [0.25, 0.3) is 0 Å². The van der Waals surface area contributed by atoms with E-state index >= 15 is 0 Å². The molecule has 3 rings (SSSR count). The van der Waals surface area contributed by atoms with Crippen molar-refractivity contribution >= 4 is 26.8 Å². The van der Waals surface area contributed by atoms with Gasteiger partial charge in [-0.1, -0.05) is 74.6 Å². The van der Waals surface area contributed by atoms with E-state index in [2.05, 4.69) is 78.8 Å². The molecule has 0 bridgehead atoms. The predicted octanol–water partition coefficient (Wildman–Crippen LogP) is 6.80. The van der Waals surface area contributed by atoms with Crippen LogP contribution in [0.25, 0.3) is 0 Å². The van der Waals surface area contributed by atoms with Crippen LogP contribution in [0.2, 0.25) is 0 Å². The second kappa shape index (κ2) is 7.73. The Balaban J connectivity index is 1.99. The van der Waals surface area contributed by atoms with Gasteiger partial charge in [-0.2, -0.15) is 0 Å². The Hall–Kier alpha value is -1.10. The van der Waals surface area contributed by atoms with Gasteiger partial charge in [0.2, 0.25) is 0 Å². The van der Waals surface area contributed by atoms with E-state index in [1.54, 1.807) is 12.5 Å². The van der Waals surface area contributed by atoms with Crippen molar-refractivity contribution < 1.29 is 8.83 Å². The maximum absolute atomic E-state index is 5.85. The normalized spacial score (nSPS) is 17.1. The minimum Gasteiger partial charge on any atom is -0.464 e. The highest BCUT2D eigenvalue weighted by molar-refractivity contribution is 7.76. The molecule has 1 radical (unpaired) electrons. The standard InChI is InChI=1S/C23H31O2P2/c1-17(27(22(2,3)4)23(5,6)7)18-11-8-12-19(18)26(20-13-9-15-24-20)21-14-10-16-25-21/h8-17H,1-7H3/t17-/m0/s1. The van der Waals surface area contributed by atoms with Crippen molar-refractivity contribution in [1.29, 1.82) is 0 Å². The zero-order valence-electron chi connectivity index (χ0n) is 17.5. The molecule has 2 nitrogen and oxygen atoms in total. The molecule has 0 aromatic carbocycles. The summed E-state index contributed by atoms with van der Waals surface area (Å²) < 4.78 is 11.7. The molecule has 0 aliphatic heterocycles. The van der Waals surface area contributed by atoms with E-state index in [9.17, 15) is 0 Å². The first-order valence-corrected chi connectivity index (χ1v) is 12.3. The minimum atomic E-state index is -0.808. The van der Waals surface area contributed by atoms with Crippen molar-refractivity contribution in [3.63, 3.8) is 0 Å². The molecule has 1 aliphatic rings. The first-order chi connectivity index (χ1) is 12.6. The van der Waals surface area contributed by atoms with Crippen LogP contribution in [-0.4, -0.2) is 16.0 Å². The fourth-order valence-electron chi connectivity index (χ4n) is 4.43. The van der Waals surface area contributed by atoms with Crippen molar-refractivity contribution in [2.24, 2.45) is 0 Å². The Kier molecular flexibility index (Phi) is 5.90. The van der Waals surface area contributed by atoms with E-state index < -0.39 is 7.92 Å². The molecule has 0 saturated heterocycles. The molecule has 27 heavy (non-hydrogen) atoms. The second-order valence-corrected chi connectivity index (χ2v) is 15.2. The number of furan rings is 2. The second-order valence-electron chi connectivity index (χ2n) is 8.99. The van der Waals surface area contributed by atoms with Gasteiger partial charge in [-0.15, -0.1) is 0 Å². The predicted molar refractivity (Wildman–Crippen MR) is 120 cm³/mol. The van der Waals surface area contributed by atoms with Crippen LogP contribution >= 0.6 is 15.8 Å². The van der Waals surface area contributed by atoms with Crippen molar-refractivity contribution in [1.82, 2.24) is 0 Å². The third-order valence-corrected chi connectivity index (χ3v) is 11.0. The summed E-state index contributed by atoms with van der Waals surface area (Å²) in [6, 6.07) is 8.09. The number of hydrogen-bond acceptors (Lipinski definition) is 2. The van der Waals surface area contributed by atoms with Crippen molar-refractivity contribution in [3.8, 4) is 0 Å². The SMILES string of the molecule is C[C@@H]([C]1C=CC=C1P(c1ccco1)c1ccco1)P(C(C)(C)C)C(C)(C)C. The van der Waals surface area contributed by atoms with Crippen LogP contribution in [0.5, 0.6) is 0 Å². The molecular weight excluding hydrogens is 370 g/mol. The average Bonchev–Trinajstić information content (AvgIpc) is 3.28. The minimum absolute atomic E-state index is 0.261. The van der Waals surface area contributed by atoms with E-state index in [1.807, 2.05) is 12.1 Å². The van der Waals surface area contributed by atoms with Crippen LogP contribution in [0.15, 0.2) is 69.2 Å². The van der Waals surface area contributed by atoms with E-state index in [4.69, 9.17) is 8.83 Å². The van der Waals surface area contributed by atoms with Gasteiger partial charge in [0.05, 0.1) is 20.4 Å². The first-order valence-electron chi connectivity index (χ1n) is 9.53. The van der Waals surface area contributed by atoms with E-state index in [1.165, 1.54) is 11.2 Å². The van der Waals surface area contributed by atoms with Gasteiger partial charge in [-0.25, -0.2) is 0 Å². The van der Waals surface area contributed by atoms with Crippen LogP contribution in [0, 0.1) is 5.92 Å². The largest absolute Gasteiger partial charge is 0.464 e. The molecule has 0 amide bonds. The Morgan fingerprint density at radius 3 is 1.78 bits per heavy atom. The number of rotatable bonds is 5. The highest BCUT2D eigenvalue weighted by Gasteiger charge is 2.43. The molecule has 0 unspecified atom stereocenters. The number of allylic oxidation sites excluding steroid dienone is 4. The molecule has 0 N–H and O–H groups in total. The van der Waals surface area contributed by atoms with Crippen LogP contribution < -0.4 is 11.0 Å². The highest BCUT2D eigenvalue weighted by Crippen LogP contribution is 2.67. The lowest BCUT2D eigenvalue weighted by molar-refractivity contribution is 0.593. The maximum Gasteiger partial charge on any atom is 0.137 e. The van der Waals surface area contributed by atoms with Crippen LogP contribution in [0.3, 0.4) is 0 Å². The third kappa shape index (κ3) is 4.33. The maximum atomic E-state index is 5.85. The molecular formula is C23H31O2P2. The Labute approximate surface area is 166 Å². The van der Waals surface area contributed by atoms with Gasteiger partial charge in [0, 0.05) is 5.92 Å². The van der Waals surface area contributed by atoms with Gasteiger partial charge in [-0.3, -0.25) is 0 Å². The molecule has 1 atom stereocenters. The van der Waals surface area contributed by atoms with Gasteiger partial charge in [0.15, 0.2) is 0 Å². The van der Waals surface area contributed by atoms with E-state index in [0.29, 0.717) is 5.66 Å². The molecule has 145 valence electrons. The summed E-state index contributed by atoms with van der Waals surface area (Å²) in [7, 11) is -1.07. The Morgan fingerprint density at radius 1 is 0.852 bits per heavy atom.